The number of nitrogens with zero attached hydrogens (tertiary/aromatic N) is 3. The van der Waals surface area contributed by atoms with Gasteiger partial charge in [-0.25, -0.2) is 4.98 Å². The first-order chi connectivity index (χ1) is 11.9. The monoisotopic (exact) mass is 344 g/mol. The molecule has 3 atom stereocenters. The first-order valence-electron chi connectivity index (χ1n) is 9.76. The van der Waals surface area contributed by atoms with E-state index in [0.29, 0.717) is 12.0 Å². The summed E-state index contributed by atoms with van der Waals surface area (Å²) in [5.41, 5.74) is 0.247. The van der Waals surface area contributed by atoms with Gasteiger partial charge < -0.3 is 10.2 Å². The summed E-state index contributed by atoms with van der Waals surface area (Å²) in [5.74, 6) is 1.74. The summed E-state index contributed by atoms with van der Waals surface area (Å²) in [6.07, 6.45) is 12.1. The molecule has 1 aromatic heterocycles. The van der Waals surface area contributed by atoms with Gasteiger partial charge in [-0.2, -0.15) is 0 Å². The van der Waals surface area contributed by atoms with E-state index in [2.05, 4.69) is 41.0 Å². The van der Waals surface area contributed by atoms with E-state index in [1.54, 1.807) is 18.6 Å². The molecule has 5 heteroatoms. The van der Waals surface area contributed by atoms with Gasteiger partial charge in [0.2, 0.25) is 5.91 Å². The lowest BCUT2D eigenvalue weighted by molar-refractivity contribution is -0.127. The lowest BCUT2D eigenvalue weighted by Gasteiger charge is -2.42. The second kappa shape index (κ2) is 7.71. The quantitative estimate of drug-likeness (QED) is 0.913. The van der Waals surface area contributed by atoms with Crippen LogP contribution in [0.25, 0.3) is 0 Å². The Bertz CT molecular complexity index is 569. The van der Waals surface area contributed by atoms with E-state index in [1.807, 2.05) is 0 Å². The number of aromatic nitrogens is 2. The molecule has 0 unspecified atom stereocenters. The van der Waals surface area contributed by atoms with E-state index in [-0.39, 0.29) is 17.2 Å². The van der Waals surface area contributed by atoms with Crippen LogP contribution < -0.4 is 10.2 Å². The minimum Gasteiger partial charge on any atom is -0.355 e. The Morgan fingerprint density at radius 3 is 2.68 bits per heavy atom. The summed E-state index contributed by atoms with van der Waals surface area (Å²) >= 11 is 0. The third kappa shape index (κ3) is 4.50. The van der Waals surface area contributed by atoms with Crippen LogP contribution in [0.1, 0.15) is 59.3 Å². The first-order valence-corrected chi connectivity index (χ1v) is 9.76. The summed E-state index contributed by atoms with van der Waals surface area (Å²) < 4.78 is 0. The number of hydrogen-bond acceptors (Lipinski definition) is 4. The molecular weight excluding hydrogens is 312 g/mol. The van der Waals surface area contributed by atoms with Gasteiger partial charge >= 0.3 is 0 Å². The van der Waals surface area contributed by atoms with Gasteiger partial charge in [0.1, 0.15) is 5.82 Å². The maximum absolute atomic E-state index is 12.9. The molecule has 0 spiro atoms. The highest BCUT2D eigenvalue weighted by atomic mass is 16.2. The van der Waals surface area contributed by atoms with Crippen molar-refractivity contribution in [2.24, 2.45) is 17.3 Å². The highest BCUT2D eigenvalue weighted by Crippen LogP contribution is 2.38. The lowest BCUT2D eigenvalue weighted by Crippen LogP contribution is -2.51. The normalized spacial score (nSPS) is 27.8. The highest BCUT2D eigenvalue weighted by Gasteiger charge is 2.36. The van der Waals surface area contributed by atoms with E-state index in [0.717, 1.165) is 38.2 Å². The average Bonchev–Trinajstić information content (AvgIpc) is 2.62. The van der Waals surface area contributed by atoms with Crippen molar-refractivity contribution in [3.63, 3.8) is 0 Å². The van der Waals surface area contributed by atoms with Crippen molar-refractivity contribution < 1.29 is 4.79 Å². The fraction of sp³-hybridized carbons (Fsp3) is 0.750. The molecule has 1 saturated carbocycles. The van der Waals surface area contributed by atoms with Gasteiger partial charge in [-0.1, -0.05) is 33.6 Å². The predicted octanol–water partition coefficient (Wildman–Crippen LogP) is 3.41. The largest absolute Gasteiger partial charge is 0.355 e. The molecule has 1 N–H and O–H groups in total. The molecule has 2 heterocycles. The summed E-state index contributed by atoms with van der Waals surface area (Å²) in [4.78, 5) is 23.7. The number of hydrogen-bond donors (Lipinski definition) is 1. The molecule has 2 fully saturated rings. The SMILES string of the molecule is CC(C)(C)[C@@H]1CCCC[C@H]1NC(=O)[C@H]1CCCN(c2cnccn2)C1. The molecule has 2 aliphatic rings. The Hall–Kier alpha value is -1.65. The molecule has 1 aromatic rings. The predicted molar refractivity (Wildman–Crippen MR) is 100 cm³/mol. The molecule has 1 amide bonds. The van der Waals surface area contributed by atoms with Crippen LogP contribution in [0.5, 0.6) is 0 Å². The number of rotatable bonds is 3. The van der Waals surface area contributed by atoms with E-state index in [9.17, 15) is 4.79 Å². The highest BCUT2D eigenvalue weighted by molar-refractivity contribution is 5.80. The van der Waals surface area contributed by atoms with E-state index in [1.165, 1.54) is 19.3 Å². The molecule has 1 saturated heterocycles. The van der Waals surface area contributed by atoms with Gasteiger partial charge in [-0.05, 0) is 37.0 Å². The molecule has 25 heavy (non-hydrogen) atoms. The minimum atomic E-state index is 0.0540. The van der Waals surface area contributed by atoms with E-state index < -0.39 is 0 Å². The fourth-order valence-electron chi connectivity index (χ4n) is 4.49. The van der Waals surface area contributed by atoms with Gasteiger partial charge in [-0.15, -0.1) is 0 Å². The van der Waals surface area contributed by atoms with E-state index in [4.69, 9.17) is 0 Å². The second-order valence-corrected chi connectivity index (χ2v) is 8.72. The van der Waals surface area contributed by atoms with Crippen molar-refractivity contribution in [2.45, 2.75) is 65.3 Å². The molecule has 0 aromatic carbocycles. The number of piperidine rings is 1. The second-order valence-electron chi connectivity index (χ2n) is 8.72. The zero-order chi connectivity index (χ0) is 17.9. The maximum Gasteiger partial charge on any atom is 0.225 e. The Labute approximate surface area is 151 Å². The van der Waals surface area contributed by atoms with Gasteiger partial charge in [0.05, 0.1) is 12.1 Å². The Morgan fingerprint density at radius 2 is 1.96 bits per heavy atom. The van der Waals surface area contributed by atoms with Gasteiger partial charge in [0.15, 0.2) is 0 Å². The number of anilines is 1. The molecule has 5 nitrogen and oxygen atoms in total. The molecular formula is C20H32N4O. The standard InChI is InChI=1S/C20H32N4O/c1-20(2,3)16-8-4-5-9-17(16)23-19(25)15-7-6-12-24(14-15)18-13-21-10-11-22-18/h10-11,13,15-17H,4-9,12,14H2,1-3H3,(H,23,25)/t15-,16+,17+/m0/s1. The number of carbonyl (C=O) groups excluding carboxylic acids is 1. The van der Waals surface area contributed by atoms with E-state index >= 15 is 0 Å². The van der Waals surface area contributed by atoms with Crippen molar-refractivity contribution in [3.8, 4) is 0 Å². The van der Waals surface area contributed by atoms with Crippen LogP contribution in [0.4, 0.5) is 5.82 Å². The Morgan fingerprint density at radius 1 is 1.16 bits per heavy atom. The minimum absolute atomic E-state index is 0.0540. The van der Waals surface area contributed by atoms with Crippen LogP contribution in [-0.2, 0) is 4.79 Å². The first kappa shape index (κ1) is 18.2. The van der Waals surface area contributed by atoms with Crippen molar-refractivity contribution >= 4 is 11.7 Å². The topological polar surface area (TPSA) is 58.1 Å². The molecule has 0 bridgehead atoms. The third-order valence-electron chi connectivity index (χ3n) is 5.87. The zero-order valence-electron chi connectivity index (χ0n) is 15.9. The summed E-state index contributed by atoms with van der Waals surface area (Å²) in [6.45, 7) is 8.61. The van der Waals surface area contributed by atoms with Crippen LogP contribution in [-0.4, -0.2) is 35.0 Å². The molecule has 0 radical (unpaired) electrons. The fourth-order valence-corrected chi connectivity index (χ4v) is 4.49. The average molecular weight is 345 g/mol. The summed E-state index contributed by atoms with van der Waals surface area (Å²) in [6, 6.07) is 0.327. The van der Waals surface area contributed by atoms with Crippen LogP contribution in [0.2, 0.25) is 0 Å². The van der Waals surface area contributed by atoms with Crippen molar-refractivity contribution in [3.05, 3.63) is 18.6 Å². The zero-order valence-corrected chi connectivity index (χ0v) is 15.9. The smallest absolute Gasteiger partial charge is 0.225 e. The third-order valence-corrected chi connectivity index (χ3v) is 5.87. The van der Waals surface area contributed by atoms with Crippen molar-refractivity contribution in [2.75, 3.05) is 18.0 Å². The molecule has 1 aliphatic heterocycles. The number of amides is 1. The molecule has 138 valence electrons. The summed E-state index contributed by atoms with van der Waals surface area (Å²) in [7, 11) is 0. The molecule has 3 rings (SSSR count). The number of carbonyl (C=O) groups is 1. The summed E-state index contributed by atoms with van der Waals surface area (Å²) in [5, 5.41) is 3.42. The Kier molecular flexibility index (Phi) is 5.60. The van der Waals surface area contributed by atoms with Crippen molar-refractivity contribution in [1.29, 1.82) is 0 Å². The molecule has 1 aliphatic carbocycles. The number of nitrogens with one attached hydrogen (secondary N) is 1. The van der Waals surface area contributed by atoms with Gasteiger partial charge in [-0.3, -0.25) is 9.78 Å². The van der Waals surface area contributed by atoms with Crippen LogP contribution in [0.15, 0.2) is 18.6 Å². The van der Waals surface area contributed by atoms with Gasteiger partial charge in [0.25, 0.3) is 0 Å². The Balaban J connectivity index is 1.62. The lowest BCUT2D eigenvalue weighted by atomic mass is 9.69. The van der Waals surface area contributed by atoms with Crippen LogP contribution >= 0.6 is 0 Å². The maximum atomic E-state index is 12.9. The van der Waals surface area contributed by atoms with Gasteiger partial charge in [0, 0.05) is 31.5 Å². The van der Waals surface area contributed by atoms with Crippen molar-refractivity contribution in [1.82, 2.24) is 15.3 Å². The van der Waals surface area contributed by atoms with Crippen LogP contribution in [0.3, 0.4) is 0 Å². The van der Waals surface area contributed by atoms with Crippen LogP contribution in [0, 0.1) is 17.3 Å².